The summed E-state index contributed by atoms with van der Waals surface area (Å²) < 4.78 is 12.2. The van der Waals surface area contributed by atoms with Crippen molar-refractivity contribution < 1.29 is 19.2 Å². The Morgan fingerprint density at radius 1 is 1.11 bits per heavy atom. The van der Waals surface area contributed by atoms with Gasteiger partial charge in [0.15, 0.2) is 0 Å². The van der Waals surface area contributed by atoms with E-state index in [4.69, 9.17) is 9.31 Å². The Morgan fingerprint density at radius 3 is 2.15 bits per heavy atom. The van der Waals surface area contributed by atoms with Crippen molar-refractivity contribution in [2.24, 2.45) is 17.3 Å². The summed E-state index contributed by atoms with van der Waals surface area (Å²) >= 11 is 0. The molecule has 0 aromatic heterocycles. The number of hydrogen-bond donors (Lipinski definition) is 2. The molecule has 1 heterocycles. The van der Waals surface area contributed by atoms with Gasteiger partial charge in [-0.3, -0.25) is 4.79 Å². The molecule has 1 saturated heterocycles. The Balaban J connectivity index is 1.99. The van der Waals surface area contributed by atoms with Gasteiger partial charge in [0.1, 0.15) is 0 Å². The molecule has 3 atom stereocenters. The predicted octanol–water partition coefficient (Wildman–Crippen LogP) is 3.80. The summed E-state index contributed by atoms with van der Waals surface area (Å²) in [6, 6.07) is 0. The molecule has 1 saturated carbocycles. The topological polar surface area (TPSA) is 67.8 Å². The van der Waals surface area contributed by atoms with Crippen LogP contribution in [0.2, 0.25) is 6.32 Å². The van der Waals surface area contributed by atoms with Crippen molar-refractivity contribution in [1.29, 1.82) is 0 Å². The maximum Gasteiger partial charge on any atom is 0.457 e. The molecule has 0 aromatic carbocycles. The standard InChI is InChI=1S/C21H40BNO4/c1-18(2,3)23-17(25)21(8)13-15(9-10-16(21)14-24)11-12-22-26-19(4,5)20(6,7)27-22/h15-16,24H,9-14H2,1-8H3,(H,23,25). The highest BCUT2D eigenvalue weighted by Gasteiger charge is 2.51. The molecule has 0 aromatic rings. The van der Waals surface area contributed by atoms with Crippen LogP contribution in [0.15, 0.2) is 0 Å². The monoisotopic (exact) mass is 381 g/mol. The molecule has 1 aliphatic carbocycles. The predicted molar refractivity (Wildman–Crippen MR) is 109 cm³/mol. The lowest BCUT2D eigenvalue weighted by atomic mass is 9.61. The minimum absolute atomic E-state index is 0.0212. The van der Waals surface area contributed by atoms with Crippen molar-refractivity contribution >= 4 is 13.0 Å². The summed E-state index contributed by atoms with van der Waals surface area (Å²) in [5.41, 5.74) is -1.39. The van der Waals surface area contributed by atoms with Crippen LogP contribution in [0, 0.1) is 17.3 Å². The molecule has 5 nitrogen and oxygen atoms in total. The third-order valence-electron chi connectivity index (χ3n) is 6.88. The summed E-state index contributed by atoms with van der Waals surface area (Å²) in [6.07, 6.45) is 4.56. The maximum absolute atomic E-state index is 13.0. The Hall–Kier alpha value is -0.585. The molecule has 2 fully saturated rings. The highest BCUT2D eigenvalue weighted by molar-refractivity contribution is 6.45. The molecule has 6 heteroatoms. The van der Waals surface area contributed by atoms with E-state index < -0.39 is 5.41 Å². The van der Waals surface area contributed by atoms with Crippen molar-refractivity contribution in [2.45, 2.75) is 104 Å². The van der Waals surface area contributed by atoms with E-state index in [1.165, 1.54) is 0 Å². The minimum Gasteiger partial charge on any atom is -0.403 e. The smallest absolute Gasteiger partial charge is 0.403 e. The van der Waals surface area contributed by atoms with Crippen LogP contribution in [0.3, 0.4) is 0 Å². The molecule has 156 valence electrons. The van der Waals surface area contributed by atoms with E-state index in [1.807, 2.05) is 27.7 Å². The highest BCUT2D eigenvalue weighted by atomic mass is 16.7. The molecule has 0 radical (unpaired) electrons. The van der Waals surface area contributed by atoms with Crippen molar-refractivity contribution in [1.82, 2.24) is 5.32 Å². The van der Waals surface area contributed by atoms with E-state index in [9.17, 15) is 9.90 Å². The second-order valence-corrected chi connectivity index (χ2v) is 10.9. The number of aliphatic hydroxyl groups excluding tert-OH is 1. The van der Waals surface area contributed by atoms with E-state index in [0.717, 1.165) is 32.0 Å². The zero-order valence-electron chi connectivity index (χ0n) is 18.6. The first kappa shape index (κ1) is 22.7. The molecule has 1 aliphatic heterocycles. The first-order valence-electron chi connectivity index (χ1n) is 10.5. The zero-order valence-corrected chi connectivity index (χ0v) is 18.6. The van der Waals surface area contributed by atoms with E-state index in [2.05, 4.69) is 33.0 Å². The van der Waals surface area contributed by atoms with Gasteiger partial charge in [-0.15, -0.1) is 0 Å². The Morgan fingerprint density at radius 2 is 1.67 bits per heavy atom. The molecular weight excluding hydrogens is 341 g/mol. The fourth-order valence-electron chi connectivity index (χ4n) is 4.38. The van der Waals surface area contributed by atoms with Gasteiger partial charge in [-0.2, -0.15) is 0 Å². The van der Waals surface area contributed by atoms with E-state index >= 15 is 0 Å². The number of rotatable bonds is 5. The summed E-state index contributed by atoms with van der Waals surface area (Å²) in [7, 11) is -0.180. The lowest BCUT2D eigenvalue weighted by molar-refractivity contribution is -0.139. The van der Waals surface area contributed by atoms with Gasteiger partial charge in [-0.05, 0) is 79.5 Å². The van der Waals surface area contributed by atoms with Crippen molar-refractivity contribution in [3.05, 3.63) is 0 Å². The van der Waals surface area contributed by atoms with Crippen LogP contribution in [-0.2, 0) is 14.1 Å². The summed E-state index contributed by atoms with van der Waals surface area (Å²) in [6.45, 7) is 16.4. The second kappa shape index (κ2) is 7.68. The molecule has 3 unspecified atom stereocenters. The van der Waals surface area contributed by atoms with Gasteiger partial charge >= 0.3 is 7.12 Å². The summed E-state index contributed by atoms with van der Waals surface area (Å²) in [5, 5.41) is 13.0. The molecule has 0 bridgehead atoms. The summed E-state index contributed by atoms with van der Waals surface area (Å²) in [5.74, 6) is 0.532. The van der Waals surface area contributed by atoms with Crippen molar-refractivity contribution in [3.8, 4) is 0 Å². The number of carbonyl (C=O) groups is 1. The maximum atomic E-state index is 13.0. The van der Waals surface area contributed by atoms with Gasteiger partial charge in [0, 0.05) is 12.1 Å². The zero-order chi connectivity index (χ0) is 20.7. The lowest BCUT2D eigenvalue weighted by Crippen LogP contribution is -2.53. The van der Waals surface area contributed by atoms with E-state index in [0.29, 0.717) is 5.92 Å². The molecule has 2 N–H and O–H groups in total. The fraction of sp³-hybridized carbons (Fsp3) is 0.952. The van der Waals surface area contributed by atoms with Gasteiger partial charge in [-0.1, -0.05) is 19.8 Å². The van der Waals surface area contributed by atoms with Crippen LogP contribution < -0.4 is 5.32 Å². The molecular formula is C21H40BNO4. The van der Waals surface area contributed by atoms with E-state index in [1.54, 1.807) is 0 Å². The molecule has 2 aliphatic rings. The molecule has 27 heavy (non-hydrogen) atoms. The van der Waals surface area contributed by atoms with Gasteiger partial charge < -0.3 is 19.7 Å². The van der Waals surface area contributed by atoms with Crippen molar-refractivity contribution in [2.75, 3.05) is 6.61 Å². The number of nitrogens with one attached hydrogen (secondary N) is 1. The SMILES string of the molecule is CC(C)(C)NC(=O)C1(C)CC(CCB2OC(C)(C)C(C)(C)O2)CCC1CO. The van der Waals surface area contributed by atoms with Crippen LogP contribution in [0.5, 0.6) is 0 Å². The van der Waals surface area contributed by atoms with Crippen LogP contribution in [-0.4, -0.2) is 41.5 Å². The third-order valence-corrected chi connectivity index (χ3v) is 6.88. The third kappa shape index (κ3) is 5.07. The molecule has 0 spiro atoms. The van der Waals surface area contributed by atoms with Crippen LogP contribution in [0.1, 0.15) is 81.1 Å². The lowest BCUT2D eigenvalue weighted by Gasteiger charge is -2.44. The Labute approximate surface area is 166 Å². The first-order valence-corrected chi connectivity index (χ1v) is 10.5. The van der Waals surface area contributed by atoms with Crippen LogP contribution >= 0.6 is 0 Å². The summed E-state index contributed by atoms with van der Waals surface area (Å²) in [4.78, 5) is 13.0. The molecule has 1 amide bonds. The second-order valence-electron chi connectivity index (χ2n) is 10.9. The minimum atomic E-state index is -0.527. The average molecular weight is 381 g/mol. The Bertz CT molecular complexity index is 527. The fourth-order valence-corrected chi connectivity index (χ4v) is 4.38. The van der Waals surface area contributed by atoms with Gasteiger partial charge in [0.2, 0.25) is 5.91 Å². The normalized spacial score (nSPS) is 33.1. The van der Waals surface area contributed by atoms with Crippen LogP contribution in [0.4, 0.5) is 0 Å². The van der Waals surface area contributed by atoms with Gasteiger partial charge in [0.25, 0.3) is 0 Å². The number of amides is 1. The van der Waals surface area contributed by atoms with Crippen molar-refractivity contribution in [3.63, 3.8) is 0 Å². The molecule has 2 rings (SSSR count). The van der Waals surface area contributed by atoms with Gasteiger partial charge in [-0.25, -0.2) is 0 Å². The highest BCUT2D eigenvalue weighted by Crippen LogP contribution is 2.46. The average Bonchev–Trinajstić information content (AvgIpc) is 2.71. The quantitative estimate of drug-likeness (QED) is 0.711. The first-order chi connectivity index (χ1) is 12.2. The van der Waals surface area contributed by atoms with Gasteiger partial charge in [0.05, 0.1) is 16.6 Å². The van der Waals surface area contributed by atoms with E-state index in [-0.39, 0.29) is 42.3 Å². The number of hydrogen-bond acceptors (Lipinski definition) is 4. The number of aliphatic hydroxyl groups is 1. The Kier molecular flexibility index (Phi) is 6.46. The van der Waals surface area contributed by atoms with Crippen LogP contribution in [0.25, 0.3) is 0 Å². The number of carbonyl (C=O) groups excluding carboxylic acids is 1. The largest absolute Gasteiger partial charge is 0.457 e.